The zero-order chi connectivity index (χ0) is 8.27. The molecule has 0 saturated carbocycles. The lowest BCUT2D eigenvalue weighted by Gasteiger charge is -2.28. The highest BCUT2D eigenvalue weighted by atomic mass is 16.6. The van der Waals surface area contributed by atoms with Crippen molar-refractivity contribution in [2.75, 3.05) is 13.1 Å². The average molecular weight is 160 g/mol. The van der Waals surface area contributed by atoms with Crippen molar-refractivity contribution in [2.24, 2.45) is 5.90 Å². The molecule has 1 atom stereocenters. The normalized spacial score (nSPS) is 25.2. The first kappa shape index (κ1) is 8.29. The van der Waals surface area contributed by atoms with Crippen molar-refractivity contribution in [2.45, 2.75) is 18.9 Å². The molecule has 1 saturated heterocycles. The summed E-state index contributed by atoms with van der Waals surface area (Å²) in [6, 6.07) is 0. The summed E-state index contributed by atoms with van der Waals surface area (Å²) in [5.74, 6) is 4.95. The topological polar surface area (TPSA) is 75.8 Å². The molecular formula is C6H12N2O3. The van der Waals surface area contributed by atoms with Crippen LogP contribution in [0.15, 0.2) is 0 Å². The molecule has 64 valence electrons. The summed E-state index contributed by atoms with van der Waals surface area (Å²) in [5.41, 5.74) is 0. The predicted octanol–water partition coefficient (Wildman–Crippen LogP) is 0.0191. The Morgan fingerprint density at radius 3 is 3.00 bits per heavy atom. The summed E-state index contributed by atoms with van der Waals surface area (Å²) in [7, 11) is 0. The molecule has 0 unspecified atom stereocenters. The van der Waals surface area contributed by atoms with E-state index >= 15 is 0 Å². The first-order valence-electron chi connectivity index (χ1n) is 3.57. The van der Waals surface area contributed by atoms with Crippen LogP contribution in [0.4, 0.5) is 4.79 Å². The van der Waals surface area contributed by atoms with E-state index < -0.39 is 6.09 Å². The number of rotatable bonds is 1. The number of carbonyl (C=O) groups is 1. The second-order valence-electron chi connectivity index (χ2n) is 2.63. The minimum atomic E-state index is -0.897. The summed E-state index contributed by atoms with van der Waals surface area (Å²) in [5, 5.41) is 8.58. The van der Waals surface area contributed by atoms with E-state index in [1.807, 2.05) is 0 Å². The van der Waals surface area contributed by atoms with Gasteiger partial charge in [0, 0.05) is 6.54 Å². The van der Waals surface area contributed by atoms with Crippen molar-refractivity contribution in [3.05, 3.63) is 0 Å². The van der Waals surface area contributed by atoms with Crippen molar-refractivity contribution in [1.82, 2.24) is 4.90 Å². The zero-order valence-electron chi connectivity index (χ0n) is 6.19. The molecular weight excluding hydrogens is 148 g/mol. The molecule has 0 aromatic carbocycles. The molecule has 11 heavy (non-hydrogen) atoms. The molecule has 0 radical (unpaired) electrons. The Hall–Kier alpha value is -0.810. The zero-order valence-corrected chi connectivity index (χ0v) is 6.19. The van der Waals surface area contributed by atoms with Crippen LogP contribution < -0.4 is 5.90 Å². The molecule has 5 nitrogen and oxygen atoms in total. The number of hydrogen-bond donors (Lipinski definition) is 2. The Balaban J connectivity index is 2.39. The number of hydrogen-bond acceptors (Lipinski definition) is 3. The molecule has 1 aliphatic heterocycles. The molecule has 0 aromatic heterocycles. The number of nitrogens with two attached hydrogens (primary N) is 1. The molecule has 0 aromatic rings. The van der Waals surface area contributed by atoms with E-state index in [1.54, 1.807) is 0 Å². The fourth-order valence-electron chi connectivity index (χ4n) is 1.22. The Kier molecular flexibility index (Phi) is 2.67. The molecule has 3 N–H and O–H groups in total. The maximum absolute atomic E-state index is 10.4. The summed E-state index contributed by atoms with van der Waals surface area (Å²) in [6.07, 6.45) is 0.653. The predicted molar refractivity (Wildman–Crippen MR) is 37.9 cm³/mol. The second-order valence-corrected chi connectivity index (χ2v) is 2.63. The molecule has 0 spiro atoms. The van der Waals surface area contributed by atoms with Gasteiger partial charge in [-0.15, -0.1) is 0 Å². The molecule has 1 rings (SSSR count). The Bertz CT molecular complexity index is 151. The lowest BCUT2D eigenvalue weighted by molar-refractivity contribution is 0.00227. The third kappa shape index (κ3) is 2.06. The highest BCUT2D eigenvalue weighted by molar-refractivity contribution is 5.65. The van der Waals surface area contributed by atoms with Crippen molar-refractivity contribution >= 4 is 6.09 Å². The van der Waals surface area contributed by atoms with Gasteiger partial charge in [0.1, 0.15) is 0 Å². The molecule has 1 fully saturated rings. The standard InChI is InChI=1S/C6H12N2O3/c7-11-5-2-1-3-8(4-5)6(9)10/h5H,1-4,7H2,(H,9,10)/t5-/m0/s1. The molecule has 5 heteroatoms. The van der Waals surface area contributed by atoms with Crippen LogP contribution in [0.5, 0.6) is 0 Å². The van der Waals surface area contributed by atoms with Gasteiger partial charge in [0.05, 0.1) is 12.6 Å². The third-order valence-corrected chi connectivity index (χ3v) is 1.84. The van der Waals surface area contributed by atoms with Gasteiger partial charge >= 0.3 is 6.09 Å². The van der Waals surface area contributed by atoms with Crippen molar-refractivity contribution in [3.8, 4) is 0 Å². The van der Waals surface area contributed by atoms with E-state index in [4.69, 9.17) is 11.0 Å². The van der Waals surface area contributed by atoms with Gasteiger partial charge in [-0.1, -0.05) is 0 Å². The van der Waals surface area contributed by atoms with Gasteiger partial charge in [0.2, 0.25) is 0 Å². The maximum Gasteiger partial charge on any atom is 0.407 e. The lowest BCUT2D eigenvalue weighted by Crippen LogP contribution is -2.43. The van der Waals surface area contributed by atoms with Crippen LogP contribution in [0.1, 0.15) is 12.8 Å². The Morgan fingerprint density at radius 1 is 1.73 bits per heavy atom. The first-order valence-corrected chi connectivity index (χ1v) is 3.57. The Morgan fingerprint density at radius 2 is 2.45 bits per heavy atom. The molecule has 1 aliphatic rings. The quantitative estimate of drug-likeness (QED) is 0.530. The largest absolute Gasteiger partial charge is 0.465 e. The van der Waals surface area contributed by atoms with Crippen LogP contribution in [0.2, 0.25) is 0 Å². The lowest BCUT2D eigenvalue weighted by atomic mass is 10.1. The molecule has 1 amide bonds. The van der Waals surface area contributed by atoms with Crippen LogP contribution in [-0.2, 0) is 4.84 Å². The van der Waals surface area contributed by atoms with Crippen LogP contribution in [0.3, 0.4) is 0 Å². The summed E-state index contributed by atoms with van der Waals surface area (Å²) < 4.78 is 0. The van der Waals surface area contributed by atoms with Crippen LogP contribution in [0, 0.1) is 0 Å². The number of amides is 1. The monoisotopic (exact) mass is 160 g/mol. The highest BCUT2D eigenvalue weighted by Gasteiger charge is 2.22. The number of likely N-dealkylation sites (tertiary alicyclic amines) is 1. The second kappa shape index (κ2) is 3.54. The van der Waals surface area contributed by atoms with Gasteiger partial charge in [0.15, 0.2) is 0 Å². The highest BCUT2D eigenvalue weighted by Crippen LogP contribution is 2.11. The number of nitrogens with zero attached hydrogens (tertiary/aromatic N) is 1. The van der Waals surface area contributed by atoms with Gasteiger partial charge in [-0.05, 0) is 12.8 Å². The number of piperidine rings is 1. The van der Waals surface area contributed by atoms with Gasteiger partial charge in [-0.25, -0.2) is 10.7 Å². The van der Waals surface area contributed by atoms with Crippen molar-refractivity contribution < 1.29 is 14.7 Å². The minimum Gasteiger partial charge on any atom is -0.465 e. The molecule has 0 bridgehead atoms. The van der Waals surface area contributed by atoms with Crippen LogP contribution >= 0.6 is 0 Å². The minimum absolute atomic E-state index is 0.125. The van der Waals surface area contributed by atoms with Gasteiger partial charge in [-0.2, -0.15) is 0 Å². The van der Waals surface area contributed by atoms with Gasteiger partial charge < -0.3 is 10.0 Å². The molecule has 1 heterocycles. The number of carboxylic acid groups (broad SMARTS) is 1. The van der Waals surface area contributed by atoms with Crippen molar-refractivity contribution in [3.63, 3.8) is 0 Å². The van der Waals surface area contributed by atoms with Crippen LogP contribution in [0.25, 0.3) is 0 Å². The third-order valence-electron chi connectivity index (χ3n) is 1.84. The smallest absolute Gasteiger partial charge is 0.407 e. The average Bonchev–Trinajstić information content (AvgIpc) is 2.05. The van der Waals surface area contributed by atoms with E-state index in [2.05, 4.69) is 4.84 Å². The summed E-state index contributed by atoms with van der Waals surface area (Å²) in [4.78, 5) is 16.3. The van der Waals surface area contributed by atoms with Crippen molar-refractivity contribution in [1.29, 1.82) is 0 Å². The van der Waals surface area contributed by atoms with E-state index in [-0.39, 0.29) is 6.10 Å². The first-order chi connectivity index (χ1) is 5.24. The SMILES string of the molecule is NO[C@H]1CCCN(C(=O)O)C1. The van der Waals surface area contributed by atoms with Gasteiger partial charge in [-0.3, -0.25) is 4.84 Å². The molecule has 0 aliphatic carbocycles. The van der Waals surface area contributed by atoms with E-state index in [1.165, 1.54) is 4.90 Å². The summed E-state index contributed by atoms with van der Waals surface area (Å²) in [6.45, 7) is 0.987. The fraction of sp³-hybridized carbons (Fsp3) is 0.833. The van der Waals surface area contributed by atoms with E-state index in [0.29, 0.717) is 13.1 Å². The van der Waals surface area contributed by atoms with E-state index in [9.17, 15) is 4.79 Å². The van der Waals surface area contributed by atoms with Gasteiger partial charge in [0.25, 0.3) is 0 Å². The van der Waals surface area contributed by atoms with Crippen LogP contribution in [-0.4, -0.2) is 35.3 Å². The maximum atomic E-state index is 10.4. The summed E-state index contributed by atoms with van der Waals surface area (Å²) >= 11 is 0. The van der Waals surface area contributed by atoms with E-state index in [0.717, 1.165) is 12.8 Å². The fourth-order valence-corrected chi connectivity index (χ4v) is 1.22. The Labute approximate surface area is 64.7 Å².